The first-order valence-corrected chi connectivity index (χ1v) is 4.95. The molecule has 2 atom stereocenters. The molecule has 1 aromatic heterocycles. The average molecular weight is 218 g/mol. The van der Waals surface area contributed by atoms with Crippen molar-refractivity contribution in [1.29, 1.82) is 0 Å². The van der Waals surface area contributed by atoms with E-state index in [0.29, 0.717) is 12.0 Å². The molecule has 0 saturated heterocycles. The molecule has 54 valence electrons. The van der Waals surface area contributed by atoms with Crippen molar-refractivity contribution < 1.29 is 0 Å². The molecule has 0 aliphatic heterocycles. The minimum absolute atomic E-state index is 0.426. The van der Waals surface area contributed by atoms with Crippen molar-refractivity contribution in [3.05, 3.63) is 20.8 Å². The Balaban J connectivity index is 2.26. The fraction of sp³-hybridized carbons (Fsp3) is 0.429. The highest BCUT2D eigenvalue weighted by Gasteiger charge is 2.36. The Bertz CT molecular complexity index is 246. The largest absolute Gasteiger partial charge is 0.327 e. The molecule has 1 aliphatic carbocycles. The average Bonchev–Trinajstić information content (AvgIpc) is 2.42. The smallest absolute Gasteiger partial charge is 0.0317 e. The third-order valence-corrected chi connectivity index (χ3v) is 3.82. The lowest BCUT2D eigenvalue weighted by molar-refractivity contribution is 1.00. The summed E-state index contributed by atoms with van der Waals surface area (Å²) in [5.74, 6) is 0.648. The number of nitrogens with two attached hydrogens (primary N) is 1. The molecule has 0 aromatic carbocycles. The van der Waals surface area contributed by atoms with Gasteiger partial charge in [0, 0.05) is 21.3 Å². The Kier molecular flexibility index (Phi) is 1.59. The van der Waals surface area contributed by atoms with E-state index >= 15 is 0 Å². The van der Waals surface area contributed by atoms with Crippen molar-refractivity contribution >= 4 is 27.3 Å². The molecule has 0 amide bonds. The first kappa shape index (κ1) is 6.83. The van der Waals surface area contributed by atoms with E-state index in [-0.39, 0.29) is 0 Å². The van der Waals surface area contributed by atoms with Crippen molar-refractivity contribution in [3.63, 3.8) is 0 Å². The maximum atomic E-state index is 5.71. The van der Waals surface area contributed by atoms with Gasteiger partial charge in [-0.1, -0.05) is 0 Å². The van der Waals surface area contributed by atoms with Gasteiger partial charge in [0.25, 0.3) is 0 Å². The Morgan fingerprint density at radius 1 is 1.70 bits per heavy atom. The molecular formula is C7H8BrNS. The molecule has 2 rings (SSSR count). The SMILES string of the molecule is NC1CC1c1sccc1Br. The zero-order valence-corrected chi connectivity index (χ0v) is 7.78. The van der Waals surface area contributed by atoms with E-state index in [1.165, 1.54) is 15.8 Å². The van der Waals surface area contributed by atoms with E-state index in [1.54, 1.807) is 11.3 Å². The summed E-state index contributed by atoms with van der Waals surface area (Å²) < 4.78 is 1.23. The van der Waals surface area contributed by atoms with Crippen LogP contribution in [0.5, 0.6) is 0 Å². The summed E-state index contributed by atoms with van der Waals surface area (Å²) in [5.41, 5.74) is 5.71. The maximum absolute atomic E-state index is 5.71. The van der Waals surface area contributed by atoms with Gasteiger partial charge in [-0.25, -0.2) is 0 Å². The zero-order chi connectivity index (χ0) is 7.14. The summed E-state index contributed by atoms with van der Waals surface area (Å²) in [6.45, 7) is 0. The number of rotatable bonds is 1. The highest BCUT2D eigenvalue weighted by Crippen LogP contribution is 2.44. The fourth-order valence-electron chi connectivity index (χ4n) is 1.09. The van der Waals surface area contributed by atoms with E-state index in [2.05, 4.69) is 27.4 Å². The second-order valence-corrected chi connectivity index (χ2v) is 4.44. The first-order chi connectivity index (χ1) is 4.79. The van der Waals surface area contributed by atoms with Gasteiger partial charge in [-0.15, -0.1) is 11.3 Å². The van der Waals surface area contributed by atoms with Gasteiger partial charge in [0.15, 0.2) is 0 Å². The number of hydrogen-bond acceptors (Lipinski definition) is 2. The Hall–Kier alpha value is 0.140. The Morgan fingerprint density at radius 2 is 2.40 bits per heavy atom. The van der Waals surface area contributed by atoms with Crippen LogP contribution in [0.2, 0.25) is 0 Å². The second kappa shape index (κ2) is 2.32. The topological polar surface area (TPSA) is 26.0 Å². The lowest BCUT2D eigenvalue weighted by Crippen LogP contribution is -1.99. The lowest BCUT2D eigenvalue weighted by Gasteiger charge is -1.91. The molecule has 2 N–H and O–H groups in total. The summed E-state index contributed by atoms with van der Waals surface area (Å²) in [6.07, 6.45) is 1.17. The number of hydrogen-bond donors (Lipinski definition) is 1. The van der Waals surface area contributed by atoms with Gasteiger partial charge in [-0.05, 0) is 33.8 Å². The predicted molar refractivity (Wildman–Crippen MR) is 47.4 cm³/mol. The minimum Gasteiger partial charge on any atom is -0.327 e. The highest BCUT2D eigenvalue weighted by atomic mass is 79.9. The van der Waals surface area contributed by atoms with Crippen molar-refractivity contribution in [2.24, 2.45) is 5.73 Å². The molecule has 1 heterocycles. The molecule has 0 spiro atoms. The number of halogens is 1. The molecule has 1 fully saturated rings. The van der Waals surface area contributed by atoms with Crippen LogP contribution in [0.4, 0.5) is 0 Å². The van der Waals surface area contributed by atoms with Crippen LogP contribution >= 0.6 is 27.3 Å². The van der Waals surface area contributed by atoms with E-state index < -0.39 is 0 Å². The normalized spacial score (nSPS) is 30.6. The molecule has 10 heavy (non-hydrogen) atoms. The molecule has 1 nitrogen and oxygen atoms in total. The molecule has 0 bridgehead atoms. The summed E-state index contributed by atoms with van der Waals surface area (Å²) >= 11 is 5.29. The summed E-state index contributed by atoms with van der Waals surface area (Å²) in [6, 6.07) is 2.51. The van der Waals surface area contributed by atoms with Crippen LogP contribution in [0.3, 0.4) is 0 Å². The van der Waals surface area contributed by atoms with Crippen LogP contribution in [-0.2, 0) is 0 Å². The Morgan fingerprint density at radius 3 is 2.80 bits per heavy atom. The van der Waals surface area contributed by atoms with E-state index in [0.717, 1.165) is 0 Å². The van der Waals surface area contributed by atoms with Crippen molar-refractivity contribution in [1.82, 2.24) is 0 Å². The monoisotopic (exact) mass is 217 g/mol. The van der Waals surface area contributed by atoms with Crippen LogP contribution in [0.25, 0.3) is 0 Å². The molecular weight excluding hydrogens is 210 g/mol. The zero-order valence-electron chi connectivity index (χ0n) is 5.38. The van der Waals surface area contributed by atoms with Gasteiger partial charge in [-0.2, -0.15) is 0 Å². The minimum atomic E-state index is 0.426. The van der Waals surface area contributed by atoms with Crippen LogP contribution < -0.4 is 5.73 Å². The highest BCUT2D eigenvalue weighted by molar-refractivity contribution is 9.10. The van der Waals surface area contributed by atoms with E-state index in [1.807, 2.05) is 0 Å². The van der Waals surface area contributed by atoms with Crippen LogP contribution in [0, 0.1) is 0 Å². The molecule has 1 aromatic rings. The van der Waals surface area contributed by atoms with E-state index in [9.17, 15) is 0 Å². The fourth-order valence-corrected chi connectivity index (χ4v) is 2.94. The predicted octanol–water partition coefficient (Wildman–Crippen LogP) is 2.33. The van der Waals surface area contributed by atoms with Crippen LogP contribution in [-0.4, -0.2) is 6.04 Å². The van der Waals surface area contributed by atoms with Crippen molar-refractivity contribution in [2.75, 3.05) is 0 Å². The summed E-state index contributed by atoms with van der Waals surface area (Å²) in [4.78, 5) is 1.42. The van der Waals surface area contributed by atoms with Gasteiger partial charge in [-0.3, -0.25) is 0 Å². The van der Waals surface area contributed by atoms with E-state index in [4.69, 9.17) is 5.73 Å². The quantitative estimate of drug-likeness (QED) is 0.769. The lowest BCUT2D eigenvalue weighted by atomic mass is 10.3. The molecule has 1 aliphatic rings. The standard InChI is InChI=1S/C7H8BrNS/c8-5-1-2-10-7(5)4-3-6(4)9/h1-2,4,6H,3,9H2. The van der Waals surface area contributed by atoms with Gasteiger partial charge in [0.1, 0.15) is 0 Å². The van der Waals surface area contributed by atoms with Gasteiger partial charge < -0.3 is 5.73 Å². The van der Waals surface area contributed by atoms with Crippen LogP contribution in [0.1, 0.15) is 17.2 Å². The van der Waals surface area contributed by atoms with Gasteiger partial charge >= 0.3 is 0 Å². The second-order valence-electron chi connectivity index (χ2n) is 2.64. The third-order valence-electron chi connectivity index (χ3n) is 1.82. The molecule has 0 radical (unpaired) electrons. The first-order valence-electron chi connectivity index (χ1n) is 3.27. The van der Waals surface area contributed by atoms with Gasteiger partial charge in [0.2, 0.25) is 0 Å². The molecule has 2 unspecified atom stereocenters. The molecule has 1 saturated carbocycles. The number of thiophene rings is 1. The van der Waals surface area contributed by atoms with Crippen LogP contribution in [0.15, 0.2) is 15.9 Å². The summed E-state index contributed by atoms with van der Waals surface area (Å²) in [7, 11) is 0. The van der Waals surface area contributed by atoms with Gasteiger partial charge in [0.05, 0.1) is 0 Å². The third kappa shape index (κ3) is 1.02. The van der Waals surface area contributed by atoms with Crippen molar-refractivity contribution in [2.45, 2.75) is 18.4 Å². The molecule has 3 heteroatoms. The maximum Gasteiger partial charge on any atom is 0.0317 e. The Labute approximate surface area is 72.4 Å². The van der Waals surface area contributed by atoms with Crippen molar-refractivity contribution in [3.8, 4) is 0 Å². The summed E-state index contributed by atoms with van der Waals surface area (Å²) in [5, 5.41) is 2.10.